The molecule has 88 valence electrons. The Morgan fingerprint density at radius 3 is 2.82 bits per heavy atom. The van der Waals surface area contributed by atoms with Gasteiger partial charge in [-0.2, -0.15) is 0 Å². The molecule has 1 N–H and O–H groups in total. The first kappa shape index (κ1) is 12.2. The Balaban J connectivity index is 2.27. The third kappa shape index (κ3) is 2.71. The van der Waals surface area contributed by atoms with E-state index in [-0.39, 0.29) is 12.1 Å². The van der Waals surface area contributed by atoms with E-state index in [4.69, 9.17) is 10.8 Å². The van der Waals surface area contributed by atoms with Gasteiger partial charge in [0.25, 0.3) is 0 Å². The second-order valence-corrected chi connectivity index (χ2v) is 5.02. The number of hydrogen-bond acceptors (Lipinski definition) is 2. The first-order chi connectivity index (χ1) is 8.10. The van der Waals surface area contributed by atoms with Gasteiger partial charge < -0.3 is 4.42 Å². The fourth-order valence-electron chi connectivity index (χ4n) is 1.75. The number of halogens is 1. The number of terminal acetylenes is 1. The molecular weight excluding hydrogens is 278 g/mol. The second-order valence-electron chi connectivity index (χ2n) is 4.11. The van der Waals surface area contributed by atoms with E-state index in [1.54, 1.807) is 0 Å². The molecule has 2 nitrogen and oxygen atoms in total. The van der Waals surface area contributed by atoms with Crippen LogP contribution in [0.25, 0.3) is 11.0 Å². The summed E-state index contributed by atoms with van der Waals surface area (Å²) in [5.74, 6) is 3.55. The lowest BCUT2D eigenvalue weighted by molar-refractivity contribution is 0.440. The molecule has 2 rings (SSSR count). The van der Waals surface area contributed by atoms with Crippen LogP contribution < -0.4 is 5.32 Å². The minimum absolute atomic E-state index is 0.0324. The highest BCUT2D eigenvalue weighted by Gasteiger charge is 2.12. The lowest BCUT2D eigenvalue weighted by Gasteiger charge is -2.13. The first-order valence-electron chi connectivity index (χ1n) is 5.51. The minimum Gasteiger partial charge on any atom is -0.459 e. The largest absolute Gasteiger partial charge is 0.459 e. The lowest BCUT2D eigenvalue weighted by atomic mass is 10.2. The molecule has 0 radical (unpaired) electrons. The molecule has 0 bridgehead atoms. The molecule has 3 heteroatoms. The van der Waals surface area contributed by atoms with Crippen molar-refractivity contribution in [1.82, 2.24) is 5.32 Å². The summed E-state index contributed by atoms with van der Waals surface area (Å²) in [7, 11) is 0. The molecular formula is C14H14BrNO. The Morgan fingerprint density at radius 1 is 1.35 bits per heavy atom. The zero-order valence-corrected chi connectivity index (χ0v) is 11.4. The van der Waals surface area contributed by atoms with Gasteiger partial charge in [-0.25, -0.2) is 0 Å². The maximum absolute atomic E-state index is 5.78. The summed E-state index contributed by atoms with van der Waals surface area (Å²) in [6.45, 7) is 4.00. The standard InChI is InChI=1S/C14H14BrNO/c1-4-9(2)16-10(3)14-8-11-7-12(15)5-6-13(11)17-14/h1,5-10,16H,2-3H3. The van der Waals surface area contributed by atoms with Crippen molar-refractivity contribution in [3.8, 4) is 12.3 Å². The van der Waals surface area contributed by atoms with E-state index in [1.165, 1.54) is 0 Å². The molecule has 1 heterocycles. The van der Waals surface area contributed by atoms with Gasteiger partial charge in [-0.15, -0.1) is 6.42 Å². The molecule has 17 heavy (non-hydrogen) atoms. The normalized spacial score (nSPS) is 14.5. The fraction of sp³-hybridized carbons (Fsp3) is 0.286. The average Bonchev–Trinajstić information content (AvgIpc) is 2.71. The molecule has 0 aliphatic heterocycles. The number of hydrogen-bond donors (Lipinski definition) is 1. The molecule has 0 fully saturated rings. The highest BCUT2D eigenvalue weighted by atomic mass is 79.9. The van der Waals surface area contributed by atoms with Crippen LogP contribution >= 0.6 is 15.9 Å². The predicted molar refractivity (Wildman–Crippen MR) is 73.8 cm³/mol. The van der Waals surface area contributed by atoms with Crippen molar-refractivity contribution in [3.63, 3.8) is 0 Å². The topological polar surface area (TPSA) is 25.2 Å². The summed E-state index contributed by atoms with van der Waals surface area (Å²) in [6.07, 6.45) is 5.34. The average molecular weight is 292 g/mol. The number of benzene rings is 1. The molecule has 2 atom stereocenters. The van der Waals surface area contributed by atoms with Crippen LogP contribution in [0.5, 0.6) is 0 Å². The van der Waals surface area contributed by atoms with Crippen molar-refractivity contribution in [2.75, 3.05) is 0 Å². The Hall–Kier alpha value is -1.24. The van der Waals surface area contributed by atoms with Gasteiger partial charge in [0, 0.05) is 9.86 Å². The van der Waals surface area contributed by atoms with Crippen LogP contribution in [0.4, 0.5) is 0 Å². The first-order valence-corrected chi connectivity index (χ1v) is 6.30. The van der Waals surface area contributed by atoms with E-state index < -0.39 is 0 Å². The Kier molecular flexibility index (Phi) is 3.56. The zero-order chi connectivity index (χ0) is 12.4. The van der Waals surface area contributed by atoms with E-state index in [1.807, 2.05) is 38.1 Å². The van der Waals surface area contributed by atoms with E-state index in [0.717, 1.165) is 21.2 Å². The number of rotatable bonds is 3. The molecule has 0 amide bonds. The molecule has 0 saturated carbocycles. The summed E-state index contributed by atoms with van der Waals surface area (Å²) in [5, 5.41) is 4.37. The quantitative estimate of drug-likeness (QED) is 0.869. The van der Waals surface area contributed by atoms with Gasteiger partial charge >= 0.3 is 0 Å². The van der Waals surface area contributed by atoms with Crippen LogP contribution in [0.1, 0.15) is 25.6 Å². The molecule has 1 aromatic carbocycles. The number of fused-ring (bicyclic) bond motifs is 1. The van der Waals surface area contributed by atoms with Crippen molar-refractivity contribution in [3.05, 3.63) is 34.5 Å². The minimum atomic E-state index is 0.0324. The van der Waals surface area contributed by atoms with Crippen LogP contribution in [0, 0.1) is 12.3 Å². The van der Waals surface area contributed by atoms with Crippen molar-refractivity contribution in [1.29, 1.82) is 0 Å². The number of nitrogens with one attached hydrogen (secondary N) is 1. The van der Waals surface area contributed by atoms with Gasteiger partial charge in [-0.3, -0.25) is 5.32 Å². The van der Waals surface area contributed by atoms with Gasteiger partial charge in [-0.1, -0.05) is 21.9 Å². The second kappa shape index (κ2) is 4.95. The van der Waals surface area contributed by atoms with Crippen LogP contribution in [-0.2, 0) is 0 Å². The Morgan fingerprint density at radius 2 is 2.12 bits per heavy atom. The fourth-order valence-corrected chi connectivity index (χ4v) is 2.13. The third-order valence-electron chi connectivity index (χ3n) is 2.67. The summed E-state index contributed by atoms with van der Waals surface area (Å²) in [4.78, 5) is 0. The van der Waals surface area contributed by atoms with Gasteiger partial charge in [0.05, 0.1) is 12.1 Å². The Labute approximate surface area is 110 Å². The maximum atomic E-state index is 5.78. The molecule has 2 unspecified atom stereocenters. The van der Waals surface area contributed by atoms with E-state index in [2.05, 4.69) is 27.2 Å². The maximum Gasteiger partial charge on any atom is 0.134 e. The summed E-state index contributed by atoms with van der Waals surface area (Å²) < 4.78 is 6.83. The van der Waals surface area contributed by atoms with E-state index in [9.17, 15) is 0 Å². The SMILES string of the molecule is C#CC(C)NC(C)c1cc2cc(Br)ccc2o1. The zero-order valence-electron chi connectivity index (χ0n) is 9.83. The van der Waals surface area contributed by atoms with Crippen molar-refractivity contribution < 1.29 is 4.42 Å². The van der Waals surface area contributed by atoms with E-state index in [0.29, 0.717) is 0 Å². The molecule has 0 aliphatic carbocycles. The van der Waals surface area contributed by atoms with Crippen LogP contribution in [0.3, 0.4) is 0 Å². The molecule has 1 aromatic heterocycles. The van der Waals surface area contributed by atoms with Crippen LogP contribution in [-0.4, -0.2) is 6.04 Å². The highest BCUT2D eigenvalue weighted by molar-refractivity contribution is 9.10. The molecule has 0 saturated heterocycles. The van der Waals surface area contributed by atoms with Gasteiger partial charge in [0.15, 0.2) is 0 Å². The van der Waals surface area contributed by atoms with Crippen LogP contribution in [0.2, 0.25) is 0 Å². The van der Waals surface area contributed by atoms with Crippen molar-refractivity contribution >= 4 is 26.9 Å². The molecule has 0 aliphatic rings. The van der Waals surface area contributed by atoms with Gasteiger partial charge in [0.2, 0.25) is 0 Å². The van der Waals surface area contributed by atoms with Gasteiger partial charge in [-0.05, 0) is 38.1 Å². The summed E-state index contributed by atoms with van der Waals surface area (Å²) in [5.41, 5.74) is 0.894. The lowest BCUT2D eigenvalue weighted by Crippen LogP contribution is -2.27. The summed E-state index contributed by atoms with van der Waals surface area (Å²) >= 11 is 3.45. The van der Waals surface area contributed by atoms with Crippen LogP contribution in [0.15, 0.2) is 33.2 Å². The van der Waals surface area contributed by atoms with Crippen molar-refractivity contribution in [2.24, 2.45) is 0 Å². The summed E-state index contributed by atoms with van der Waals surface area (Å²) in [6, 6.07) is 8.15. The predicted octanol–water partition coefficient (Wildman–Crippen LogP) is 3.87. The Bertz CT molecular complexity index is 567. The van der Waals surface area contributed by atoms with E-state index >= 15 is 0 Å². The highest BCUT2D eigenvalue weighted by Crippen LogP contribution is 2.26. The number of furan rings is 1. The molecule has 0 spiro atoms. The van der Waals surface area contributed by atoms with Crippen molar-refractivity contribution in [2.45, 2.75) is 25.9 Å². The smallest absolute Gasteiger partial charge is 0.134 e. The third-order valence-corrected chi connectivity index (χ3v) is 3.17. The van der Waals surface area contributed by atoms with Gasteiger partial charge in [0.1, 0.15) is 11.3 Å². The monoisotopic (exact) mass is 291 g/mol. The molecule has 2 aromatic rings.